The molecule has 0 saturated heterocycles. The number of nitrogens with zero attached hydrogens (tertiary/aromatic N) is 1. The van der Waals surface area contributed by atoms with Crippen molar-refractivity contribution >= 4 is 15.7 Å². The van der Waals surface area contributed by atoms with E-state index in [4.69, 9.17) is 5.14 Å². The van der Waals surface area contributed by atoms with Crippen molar-refractivity contribution in [1.82, 2.24) is 4.57 Å². The van der Waals surface area contributed by atoms with Gasteiger partial charge in [-0.1, -0.05) is 6.07 Å². The Balaban J connectivity index is 2.18. The first-order valence-electron chi connectivity index (χ1n) is 6.42. The number of sulfonamides is 1. The highest BCUT2D eigenvalue weighted by Crippen LogP contribution is 2.22. The van der Waals surface area contributed by atoms with Crippen molar-refractivity contribution in [3.63, 3.8) is 0 Å². The van der Waals surface area contributed by atoms with Crippen LogP contribution in [0, 0.1) is 6.92 Å². The maximum absolute atomic E-state index is 11.5. The standard InChI is InChI=1S/C14H19N3O2S/c1-3-17-8-7-12(10-17)9-16-13-5-4-6-14(11(13)2)20(15,18)19/h4-8,10,16H,3,9H2,1-2H3,(H2,15,18,19). The molecule has 0 radical (unpaired) electrons. The summed E-state index contributed by atoms with van der Waals surface area (Å²) in [6.07, 6.45) is 4.08. The Morgan fingerprint density at radius 3 is 2.65 bits per heavy atom. The van der Waals surface area contributed by atoms with Crippen LogP contribution in [-0.2, 0) is 23.1 Å². The van der Waals surface area contributed by atoms with Crippen LogP contribution in [0.5, 0.6) is 0 Å². The number of anilines is 1. The summed E-state index contributed by atoms with van der Waals surface area (Å²) in [6, 6.07) is 7.09. The minimum absolute atomic E-state index is 0.161. The van der Waals surface area contributed by atoms with Crippen LogP contribution in [0.4, 0.5) is 5.69 Å². The predicted molar refractivity (Wildman–Crippen MR) is 80.0 cm³/mol. The van der Waals surface area contributed by atoms with E-state index in [9.17, 15) is 8.42 Å². The average Bonchev–Trinajstić information content (AvgIpc) is 2.84. The van der Waals surface area contributed by atoms with Crippen molar-refractivity contribution in [3.05, 3.63) is 47.8 Å². The van der Waals surface area contributed by atoms with E-state index in [-0.39, 0.29) is 4.90 Å². The number of rotatable bonds is 5. The Labute approximate surface area is 119 Å². The number of nitrogens with two attached hydrogens (primary N) is 1. The molecule has 0 spiro atoms. The van der Waals surface area contributed by atoms with Gasteiger partial charge in [0, 0.05) is 31.2 Å². The first-order chi connectivity index (χ1) is 9.41. The first kappa shape index (κ1) is 14.6. The number of primary sulfonamides is 1. The molecular weight excluding hydrogens is 274 g/mol. The van der Waals surface area contributed by atoms with Gasteiger partial charge in [0.2, 0.25) is 10.0 Å². The Morgan fingerprint density at radius 1 is 1.30 bits per heavy atom. The largest absolute Gasteiger partial charge is 0.381 e. The van der Waals surface area contributed by atoms with Crippen LogP contribution in [0.3, 0.4) is 0 Å². The summed E-state index contributed by atoms with van der Waals surface area (Å²) in [5.41, 5.74) is 2.57. The topological polar surface area (TPSA) is 77.1 Å². The van der Waals surface area contributed by atoms with Gasteiger partial charge in [-0.2, -0.15) is 0 Å². The smallest absolute Gasteiger partial charge is 0.238 e. The quantitative estimate of drug-likeness (QED) is 0.886. The van der Waals surface area contributed by atoms with Crippen molar-refractivity contribution in [3.8, 4) is 0 Å². The number of aromatic nitrogens is 1. The summed E-state index contributed by atoms with van der Waals surface area (Å²) in [5.74, 6) is 0. The fraction of sp³-hybridized carbons (Fsp3) is 0.286. The van der Waals surface area contributed by atoms with Crippen molar-refractivity contribution < 1.29 is 8.42 Å². The minimum Gasteiger partial charge on any atom is -0.381 e. The second-order valence-corrected chi connectivity index (χ2v) is 6.21. The van der Waals surface area contributed by atoms with Crippen molar-refractivity contribution in [2.24, 2.45) is 5.14 Å². The third-order valence-corrected chi connectivity index (χ3v) is 4.31. The number of aryl methyl sites for hydroxylation is 1. The number of benzene rings is 1. The summed E-state index contributed by atoms with van der Waals surface area (Å²) >= 11 is 0. The molecule has 1 heterocycles. The highest BCUT2D eigenvalue weighted by molar-refractivity contribution is 7.89. The second kappa shape index (κ2) is 5.68. The molecule has 0 atom stereocenters. The Morgan fingerprint density at radius 2 is 2.05 bits per heavy atom. The lowest BCUT2D eigenvalue weighted by Gasteiger charge is -2.11. The zero-order valence-electron chi connectivity index (χ0n) is 11.6. The molecule has 3 N–H and O–H groups in total. The molecule has 5 nitrogen and oxygen atoms in total. The maximum atomic E-state index is 11.5. The van der Waals surface area contributed by atoms with E-state index in [2.05, 4.69) is 23.0 Å². The molecule has 108 valence electrons. The summed E-state index contributed by atoms with van der Waals surface area (Å²) in [6.45, 7) is 5.40. The molecule has 2 rings (SSSR count). The zero-order valence-corrected chi connectivity index (χ0v) is 12.4. The molecule has 1 aromatic heterocycles. The summed E-state index contributed by atoms with van der Waals surface area (Å²) in [7, 11) is -3.68. The molecule has 0 aliphatic carbocycles. The SMILES string of the molecule is CCn1ccc(CNc2cccc(S(N)(=O)=O)c2C)c1. The van der Waals surface area contributed by atoms with Gasteiger partial charge >= 0.3 is 0 Å². The van der Waals surface area contributed by atoms with Crippen LogP contribution in [0.1, 0.15) is 18.1 Å². The Bertz CT molecular complexity index is 705. The first-order valence-corrected chi connectivity index (χ1v) is 7.97. The van der Waals surface area contributed by atoms with E-state index in [1.807, 2.05) is 18.3 Å². The molecule has 0 amide bonds. The van der Waals surface area contributed by atoms with Gasteiger partial charge in [-0.15, -0.1) is 0 Å². The fourth-order valence-corrected chi connectivity index (χ4v) is 2.91. The molecular formula is C14H19N3O2S. The van der Waals surface area contributed by atoms with E-state index < -0.39 is 10.0 Å². The highest BCUT2D eigenvalue weighted by atomic mass is 32.2. The Hall–Kier alpha value is -1.79. The van der Waals surface area contributed by atoms with Gasteiger partial charge in [-0.3, -0.25) is 0 Å². The zero-order chi connectivity index (χ0) is 14.8. The lowest BCUT2D eigenvalue weighted by atomic mass is 10.2. The minimum atomic E-state index is -3.68. The van der Waals surface area contributed by atoms with Crippen molar-refractivity contribution in [2.75, 3.05) is 5.32 Å². The number of hydrogen-bond donors (Lipinski definition) is 2. The second-order valence-electron chi connectivity index (χ2n) is 4.68. The number of nitrogens with one attached hydrogen (secondary N) is 1. The predicted octanol–water partition coefficient (Wildman–Crippen LogP) is 2.08. The van der Waals surface area contributed by atoms with Gasteiger partial charge in [0.25, 0.3) is 0 Å². The van der Waals surface area contributed by atoms with E-state index in [0.717, 1.165) is 17.8 Å². The lowest BCUT2D eigenvalue weighted by Crippen LogP contribution is -2.14. The maximum Gasteiger partial charge on any atom is 0.238 e. The van der Waals surface area contributed by atoms with Gasteiger partial charge in [0.1, 0.15) is 0 Å². The van der Waals surface area contributed by atoms with Crippen molar-refractivity contribution in [1.29, 1.82) is 0 Å². The van der Waals surface area contributed by atoms with Crippen LogP contribution >= 0.6 is 0 Å². The van der Waals surface area contributed by atoms with Gasteiger partial charge in [0.15, 0.2) is 0 Å². The van der Waals surface area contributed by atoms with E-state index >= 15 is 0 Å². The van der Waals surface area contributed by atoms with E-state index in [1.165, 1.54) is 6.07 Å². The molecule has 0 bridgehead atoms. The number of hydrogen-bond acceptors (Lipinski definition) is 3. The normalized spacial score (nSPS) is 11.6. The van der Waals surface area contributed by atoms with Crippen LogP contribution < -0.4 is 10.5 Å². The molecule has 0 aliphatic heterocycles. The molecule has 0 fully saturated rings. The van der Waals surface area contributed by atoms with E-state index in [1.54, 1.807) is 13.0 Å². The van der Waals surface area contributed by atoms with Crippen LogP contribution in [0.2, 0.25) is 0 Å². The lowest BCUT2D eigenvalue weighted by molar-refractivity contribution is 0.597. The third kappa shape index (κ3) is 3.20. The highest BCUT2D eigenvalue weighted by Gasteiger charge is 2.13. The van der Waals surface area contributed by atoms with Crippen LogP contribution in [0.25, 0.3) is 0 Å². The third-order valence-electron chi connectivity index (χ3n) is 3.25. The average molecular weight is 293 g/mol. The Kier molecular flexibility index (Phi) is 4.15. The molecule has 2 aromatic rings. The van der Waals surface area contributed by atoms with E-state index in [0.29, 0.717) is 12.1 Å². The van der Waals surface area contributed by atoms with Crippen LogP contribution in [0.15, 0.2) is 41.6 Å². The summed E-state index contributed by atoms with van der Waals surface area (Å²) in [4.78, 5) is 0.161. The van der Waals surface area contributed by atoms with Gasteiger partial charge < -0.3 is 9.88 Å². The van der Waals surface area contributed by atoms with Crippen LogP contribution in [-0.4, -0.2) is 13.0 Å². The summed E-state index contributed by atoms with van der Waals surface area (Å²) < 4.78 is 25.0. The van der Waals surface area contributed by atoms with Gasteiger partial charge in [0.05, 0.1) is 4.90 Å². The molecule has 20 heavy (non-hydrogen) atoms. The molecule has 1 aromatic carbocycles. The molecule has 0 saturated carbocycles. The van der Waals surface area contributed by atoms with Gasteiger partial charge in [-0.05, 0) is 43.2 Å². The molecule has 0 unspecified atom stereocenters. The molecule has 0 aliphatic rings. The molecule has 6 heteroatoms. The summed E-state index contributed by atoms with van der Waals surface area (Å²) in [5, 5.41) is 8.44. The monoisotopic (exact) mass is 293 g/mol. The van der Waals surface area contributed by atoms with Gasteiger partial charge in [-0.25, -0.2) is 13.6 Å². The fourth-order valence-electron chi connectivity index (χ4n) is 2.10. The van der Waals surface area contributed by atoms with Crippen molar-refractivity contribution in [2.45, 2.75) is 31.8 Å².